The van der Waals surface area contributed by atoms with Gasteiger partial charge in [-0.1, -0.05) is 30.0 Å². The molecule has 1 aliphatic carbocycles. The standard InChI is InChI=1S/C21H22N4O3S2/c1-12(2)22-20(28)23-16(26)11-29-21-24-18-17(14-9-6-10-15(14)30-18)19(27)25(21)13-7-4-3-5-8-13/h3-5,7-8,12H,6,9-11H2,1-2H3,(H2,22,23,26,28). The van der Waals surface area contributed by atoms with E-state index in [-0.39, 0.29) is 17.4 Å². The summed E-state index contributed by atoms with van der Waals surface area (Å²) in [4.78, 5) is 44.1. The van der Waals surface area contributed by atoms with Gasteiger partial charge in [-0.15, -0.1) is 11.3 Å². The molecular weight excluding hydrogens is 420 g/mol. The number of hydrogen-bond acceptors (Lipinski definition) is 6. The van der Waals surface area contributed by atoms with Crippen LogP contribution in [0.25, 0.3) is 15.9 Å². The van der Waals surface area contributed by atoms with E-state index in [1.54, 1.807) is 15.9 Å². The van der Waals surface area contributed by atoms with Crippen molar-refractivity contribution in [2.45, 2.75) is 44.3 Å². The van der Waals surface area contributed by atoms with E-state index in [1.165, 1.54) is 4.88 Å². The molecule has 0 aliphatic heterocycles. The molecule has 0 fully saturated rings. The molecule has 0 spiro atoms. The molecule has 7 nitrogen and oxygen atoms in total. The summed E-state index contributed by atoms with van der Waals surface area (Å²) < 4.78 is 1.57. The van der Waals surface area contributed by atoms with Crippen LogP contribution >= 0.6 is 23.1 Å². The summed E-state index contributed by atoms with van der Waals surface area (Å²) in [5.74, 6) is -0.470. The Morgan fingerprint density at radius 3 is 2.73 bits per heavy atom. The molecule has 3 aromatic rings. The summed E-state index contributed by atoms with van der Waals surface area (Å²) in [6.07, 6.45) is 2.95. The zero-order valence-corrected chi connectivity index (χ0v) is 18.4. The van der Waals surface area contributed by atoms with Gasteiger partial charge >= 0.3 is 6.03 Å². The van der Waals surface area contributed by atoms with Crippen molar-refractivity contribution in [3.63, 3.8) is 0 Å². The largest absolute Gasteiger partial charge is 0.336 e. The van der Waals surface area contributed by atoms with Crippen LogP contribution in [0.15, 0.2) is 40.3 Å². The first-order chi connectivity index (χ1) is 14.4. The minimum Gasteiger partial charge on any atom is -0.336 e. The number of thioether (sulfide) groups is 1. The lowest BCUT2D eigenvalue weighted by Crippen LogP contribution is -2.43. The van der Waals surface area contributed by atoms with Crippen molar-refractivity contribution in [3.05, 3.63) is 51.1 Å². The molecule has 0 bridgehead atoms. The monoisotopic (exact) mass is 442 g/mol. The van der Waals surface area contributed by atoms with Crippen molar-refractivity contribution in [2.24, 2.45) is 0 Å². The van der Waals surface area contributed by atoms with Crippen LogP contribution in [0.1, 0.15) is 30.7 Å². The number of imide groups is 1. The molecule has 1 aromatic carbocycles. The number of aromatic nitrogens is 2. The Labute approximate surface area is 181 Å². The molecule has 30 heavy (non-hydrogen) atoms. The number of rotatable bonds is 5. The Morgan fingerprint density at radius 1 is 1.23 bits per heavy atom. The van der Waals surface area contributed by atoms with E-state index in [9.17, 15) is 14.4 Å². The van der Waals surface area contributed by atoms with Crippen LogP contribution in [-0.2, 0) is 17.6 Å². The molecular formula is C21H22N4O3S2. The number of para-hydroxylation sites is 1. The summed E-state index contributed by atoms with van der Waals surface area (Å²) in [7, 11) is 0. The van der Waals surface area contributed by atoms with Crippen molar-refractivity contribution in [1.82, 2.24) is 20.2 Å². The molecule has 0 saturated heterocycles. The van der Waals surface area contributed by atoms with Gasteiger partial charge in [-0.05, 0) is 50.8 Å². The Kier molecular flexibility index (Phi) is 5.92. The van der Waals surface area contributed by atoms with Crippen LogP contribution in [0.4, 0.5) is 4.79 Å². The third-order valence-electron chi connectivity index (χ3n) is 4.73. The average molecular weight is 443 g/mol. The first-order valence-corrected chi connectivity index (χ1v) is 11.6. The minimum absolute atomic E-state index is 0.0264. The Bertz CT molecular complexity index is 1170. The molecule has 2 aromatic heterocycles. The van der Waals surface area contributed by atoms with E-state index in [4.69, 9.17) is 4.98 Å². The van der Waals surface area contributed by atoms with Crippen molar-refractivity contribution in [3.8, 4) is 5.69 Å². The number of nitrogens with one attached hydrogen (secondary N) is 2. The first kappa shape index (κ1) is 20.6. The number of thiophene rings is 1. The van der Waals surface area contributed by atoms with E-state index in [0.717, 1.165) is 41.4 Å². The van der Waals surface area contributed by atoms with Crippen LogP contribution in [0, 0.1) is 0 Å². The van der Waals surface area contributed by atoms with Gasteiger partial charge in [0.2, 0.25) is 5.91 Å². The van der Waals surface area contributed by atoms with Gasteiger partial charge in [-0.2, -0.15) is 0 Å². The number of benzene rings is 1. The predicted octanol–water partition coefficient (Wildman–Crippen LogP) is 3.26. The van der Waals surface area contributed by atoms with Gasteiger partial charge in [0, 0.05) is 10.9 Å². The Morgan fingerprint density at radius 2 is 2.00 bits per heavy atom. The topological polar surface area (TPSA) is 93.1 Å². The van der Waals surface area contributed by atoms with E-state index in [2.05, 4.69) is 10.6 Å². The maximum atomic E-state index is 13.5. The highest BCUT2D eigenvalue weighted by atomic mass is 32.2. The molecule has 2 heterocycles. The summed E-state index contributed by atoms with van der Waals surface area (Å²) in [5.41, 5.74) is 1.72. The Balaban J connectivity index is 1.68. The number of carbonyl (C=O) groups excluding carboxylic acids is 2. The third kappa shape index (κ3) is 4.13. The zero-order valence-electron chi connectivity index (χ0n) is 16.7. The number of hydrogen-bond donors (Lipinski definition) is 2. The molecule has 3 amide bonds. The summed E-state index contributed by atoms with van der Waals surface area (Å²) in [5, 5.41) is 6.05. The first-order valence-electron chi connectivity index (χ1n) is 9.80. The van der Waals surface area contributed by atoms with Crippen molar-refractivity contribution >= 4 is 45.3 Å². The minimum atomic E-state index is -0.533. The fourth-order valence-corrected chi connectivity index (χ4v) is 5.63. The van der Waals surface area contributed by atoms with Crippen molar-refractivity contribution < 1.29 is 9.59 Å². The SMILES string of the molecule is CC(C)NC(=O)NC(=O)CSc1nc2sc3c(c2c(=O)n1-c1ccccc1)CCC3. The highest BCUT2D eigenvalue weighted by molar-refractivity contribution is 7.99. The molecule has 0 radical (unpaired) electrons. The van der Waals surface area contributed by atoms with Gasteiger partial charge in [0.15, 0.2) is 5.16 Å². The molecule has 2 N–H and O–H groups in total. The van der Waals surface area contributed by atoms with Gasteiger partial charge in [0.1, 0.15) is 4.83 Å². The van der Waals surface area contributed by atoms with E-state index in [1.807, 2.05) is 44.2 Å². The van der Waals surface area contributed by atoms with Gasteiger partial charge in [0.05, 0.1) is 16.8 Å². The van der Waals surface area contributed by atoms with Crippen molar-refractivity contribution in [2.75, 3.05) is 5.75 Å². The second-order valence-electron chi connectivity index (χ2n) is 7.37. The second kappa shape index (κ2) is 8.61. The molecule has 1 aliphatic rings. The fourth-order valence-electron chi connectivity index (χ4n) is 3.52. The number of fused-ring (bicyclic) bond motifs is 3. The maximum Gasteiger partial charge on any atom is 0.321 e. The highest BCUT2D eigenvalue weighted by Crippen LogP contribution is 2.36. The highest BCUT2D eigenvalue weighted by Gasteiger charge is 2.24. The van der Waals surface area contributed by atoms with Gasteiger partial charge < -0.3 is 5.32 Å². The Hall–Kier alpha value is -2.65. The smallest absolute Gasteiger partial charge is 0.321 e. The molecule has 0 unspecified atom stereocenters. The van der Waals surface area contributed by atoms with Crippen LogP contribution in [0.3, 0.4) is 0 Å². The van der Waals surface area contributed by atoms with Crippen LogP contribution in [0.5, 0.6) is 0 Å². The average Bonchev–Trinajstić information content (AvgIpc) is 3.27. The van der Waals surface area contributed by atoms with E-state index in [0.29, 0.717) is 16.2 Å². The van der Waals surface area contributed by atoms with Gasteiger partial charge in [-0.25, -0.2) is 9.78 Å². The maximum absolute atomic E-state index is 13.5. The van der Waals surface area contributed by atoms with E-state index < -0.39 is 11.9 Å². The zero-order chi connectivity index (χ0) is 21.3. The summed E-state index contributed by atoms with van der Waals surface area (Å²) in [6.45, 7) is 3.63. The summed E-state index contributed by atoms with van der Waals surface area (Å²) >= 11 is 2.71. The normalized spacial score (nSPS) is 12.9. The van der Waals surface area contributed by atoms with Gasteiger partial charge in [-0.3, -0.25) is 19.5 Å². The lowest BCUT2D eigenvalue weighted by molar-refractivity contribution is -0.117. The number of amides is 3. The molecule has 0 saturated carbocycles. The number of carbonyl (C=O) groups is 2. The van der Waals surface area contributed by atoms with E-state index >= 15 is 0 Å². The van der Waals surface area contributed by atoms with Gasteiger partial charge in [0.25, 0.3) is 5.56 Å². The molecule has 0 atom stereocenters. The fraction of sp³-hybridized carbons (Fsp3) is 0.333. The van der Waals surface area contributed by atoms with Crippen LogP contribution in [0.2, 0.25) is 0 Å². The lowest BCUT2D eigenvalue weighted by atomic mass is 10.2. The quantitative estimate of drug-likeness (QED) is 0.467. The number of aryl methyl sites for hydroxylation is 2. The van der Waals surface area contributed by atoms with Crippen LogP contribution < -0.4 is 16.2 Å². The number of urea groups is 1. The molecule has 156 valence electrons. The van der Waals surface area contributed by atoms with Crippen LogP contribution in [-0.4, -0.2) is 33.3 Å². The predicted molar refractivity (Wildman–Crippen MR) is 120 cm³/mol. The molecule has 9 heteroatoms. The second-order valence-corrected chi connectivity index (χ2v) is 9.40. The lowest BCUT2D eigenvalue weighted by Gasteiger charge is -2.13. The molecule has 4 rings (SSSR count). The third-order valence-corrected chi connectivity index (χ3v) is 6.85. The summed E-state index contributed by atoms with van der Waals surface area (Å²) in [6, 6.07) is 8.70. The van der Waals surface area contributed by atoms with Crippen molar-refractivity contribution in [1.29, 1.82) is 0 Å². The number of nitrogens with zero attached hydrogens (tertiary/aromatic N) is 2.